The Morgan fingerprint density at radius 3 is 2.71 bits per heavy atom. The third kappa shape index (κ3) is 5.71. The Morgan fingerprint density at radius 2 is 2.00 bits per heavy atom. The number of nitrogens with zero attached hydrogens (tertiary/aromatic N) is 1. The summed E-state index contributed by atoms with van der Waals surface area (Å²) in [5.41, 5.74) is 0. The molecule has 1 atom stereocenters. The fraction of sp³-hybridized carbons (Fsp3) is 0.632. The van der Waals surface area contributed by atoms with Gasteiger partial charge in [0.15, 0.2) is 0 Å². The average Bonchev–Trinajstić information content (AvgIpc) is 3.16. The molecule has 1 N–H and O–H groups in total. The van der Waals surface area contributed by atoms with E-state index in [4.69, 9.17) is 0 Å². The van der Waals surface area contributed by atoms with E-state index in [9.17, 15) is 4.79 Å². The topological polar surface area (TPSA) is 32.3 Å². The predicted octanol–water partition coefficient (Wildman–Crippen LogP) is 3.50. The highest BCUT2D eigenvalue weighted by Gasteiger charge is 2.27. The monoisotopic (exact) mass is 364 g/mol. The summed E-state index contributed by atoms with van der Waals surface area (Å²) in [5.74, 6) is 4.38. The molecule has 0 spiro atoms. The Labute approximate surface area is 154 Å². The Kier molecular flexibility index (Phi) is 7.36. The van der Waals surface area contributed by atoms with Crippen molar-refractivity contribution in [2.24, 2.45) is 5.92 Å². The maximum Gasteiger partial charge on any atom is 0.220 e. The summed E-state index contributed by atoms with van der Waals surface area (Å²) >= 11 is 3.85. The van der Waals surface area contributed by atoms with Gasteiger partial charge in [-0.05, 0) is 56.2 Å². The van der Waals surface area contributed by atoms with Crippen molar-refractivity contribution in [2.45, 2.75) is 36.6 Å². The van der Waals surface area contributed by atoms with Gasteiger partial charge in [-0.15, -0.1) is 11.8 Å². The van der Waals surface area contributed by atoms with Gasteiger partial charge < -0.3 is 5.32 Å². The van der Waals surface area contributed by atoms with Gasteiger partial charge in [0.25, 0.3) is 0 Å². The van der Waals surface area contributed by atoms with Crippen LogP contribution in [0.1, 0.15) is 25.7 Å². The zero-order valence-corrected chi connectivity index (χ0v) is 15.9. The minimum atomic E-state index is 0.202. The second-order valence-corrected chi connectivity index (χ2v) is 9.03. The summed E-state index contributed by atoms with van der Waals surface area (Å²) in [6.07, 6.45) is 4.45. The molecule has 1 aromatic rings. The quantitative estimate of drug-likeness (QED) is 0.751. The summed E-state index contributed by atoms with van der Waals surface area (Å²) in [6.45, 7) is 3.30. The van der Waals surface area contributed by atoms with Gasteiger partial charge in [0.1, 0.15) is 0 Å². The molecule has 132 valence electrons. The summed E-state index contributed by atoms with van der Waals surface area (Å²) in [7, 11) is 0. The van der Waals surface area contributed by atoms with Crippen LogP contribution < -0.4 is 5.32 Å². The number of hydrogen-bond acceptors (Lipinski definition) is 4. The lowest BCUT2D eigenvalue weighted by Crippen LogP contribution is -2.43. The van der Waals surface area contributed by atoms with Crippen LogP contribution in [0.4, 0.5) is 0 Å². The molecule has 2 fully saturated rings. The number of carbonyl (C=O) groups excluding carboxylic acids is 1. The van der Waals surface area contributed by atoms with E-state index in [2.05, 4.69) is 34.1 Å². The molecule has 0 bridgehead atoms. The van der Waals surface area contributed by atoms with Crippen LogP contribution in [-0.4, -0.2) is 53.7 Å². The summed E-state index contributed by atoms with van der Waals surface area (Å²) in [6, 6.07) is 11.1. The van der Waals surface area contributed by atoms with E-state index in [1.807, 2.05) is 18.2 Å². The highest BCUT2D eigenvalue weighted by atomic mass is 32.2. The number of piperidine rings is 1. The number of hydrogen-bond donors (Lipinski definition) is 1. The molecule has 24 heavy (non-hydrogen) atoms. The number of benzene rings is 1. The van der Waals surface area contributed by atoms with E-state index in [0.29, 0.717) is 12.3 Å². The van der Waals surface area contributed by atoms with Crippen LogP contribution in [0.25, 0.3) is 0 Å². The Bertz CT molecular complexity index is 497. The third-order valence-corrected chi connectivity index (χ3v) is 7.16. The van der Waals surface area contributed by atoms with Crippen LogP contribution in [0.3, 0.4) is 0 Å². The largest absolute Gasteiger partial charge is 0.356 e. The van der Waals surface area contributed by atoms with Crippen molar-refractivity contribution in [3.63, 3.8) is 0 Å². The highest BCUT2D eigenvalue weighted by molar-refractivity contribution is 7.99. The van der Waals surface area contributed by atoms with E-state index in [-0.39, 0.29) is 5.91 Å². The minimum Gasteiger partial charge on any atom is -0.356 e. The highest BCUT2D eigenvalue weighted by Crippen LogP contribution is 2.26. The number of amides is 1. The van der Waals surface area contributed by atoms with Crippen LogP contribution in [0.5, 0.6) is 0 Å². The predicted molar refractivity (Wildman–Crippen MR) is 105 cm³/mol. The zero-order valence-electron chi connectivity index (χ0n) is 14.3. The fourth-order valence-electron chi connectivity index (χ4n) is 3.46. The van der Waals surface area contributed by atoms with Gasteiger partial charge in [-0.25, -0.2) is 0 Å². The van der Waals surface area contributed by atoms with Crippen molar-refractivity contribution < 1.29 is 4.79 Å². The molecule has 2 aliphatic rings. The second-order valence-electron chi connectivity index (χ2n) is 6.71. The van der Waals surface area contributed by atoms with Crippen molar-refractivity contribution >= 4 is 29.4 Å². The lowest BCUT2D eigenvalue weighted by Gasteiger charge is -2.35. The van der Waals surface area contributed by atoms with E-state index in [0.717, 1.165) is 18.3 Å². The molecule has 2 aliphatic heterocycles. The molecule has 5 heteroatoms. The van der Waals surface area contributed by atoms with E-state index < -0.39 is 0 Å². The Hall–Kier alpha value is -0.650. The molecule has 0 aromatic heterocycles. The van der Waals surface area contributed by atoms with Gasteiger partial charge in [-0.3, -0.25) is 9.69 Å². The van der Waals surface area contributed by atoms with Crippen molar-refractivity contribution in [3.8, 4) is 0 Å². The molecule has 3 rings (SSSR count). The Balaban J connectivity index is 1.27. The SMILES string of the molecule is O=C(CCSc1ccccc1)NCC1CCN([C@H]2CCSC2)CC1. The smallest absolute Gasteiger partial charge is 0.220 e. The van der Waals surface area contributed by atoms with Gasteiger partial charge >= 0.3 is 0 Å². The summed E-state index contributed by atoms with van der Waals surface area (Å²) in [4.78, 5) is 15.9. The lowest BCUT2D eigenvalue weighted by molar-refractivity contribution is -0.120. The number of thioether (sulfide) groups is 2. The fourth-order valence-corrected chi connectivity index (χ4v) is 5.58. The van der Waals surface area contributed by atoms with Crippen molar-refractivity contribution in [1.29, 1.82) is 0 Å². The van der Waals surface area contributed by atoms with Crippen LogP contribution in [0.15, 0.2) is 35.2 Å². The van der Waals surface area contributed by atoms with E-state index in [1.165, 1.54) is 48.8 Å². The first kappa shape index (κ1) is 18.2. The third-order valence-electron chi connectivity index (χ3n) is 5.00. The first-order chi connectivity index (χ1) is 11.8. The van der Waals surface area contributed by atoms with Gasteiger partial charge in [0.05, 0.1) is 0 Å². The molecule has 3 nitrogen and oxygen atoms in total. The molecule has 0 aliphatic carbocycles. The molecular formula is C19H28N2OS2. The van der Waals surface area contributed by atoms with Gasteiger partial charge in [0.2, 0.25) is 5.91 Å². The van der Waals surface area contributed by atoms with Crippen molar-refractivity contribution in [3.05, 3.63) is 30.3 Å². The van der Waals surface area contributed by atoms with Crippen LogP contribution in [0, 0.1) is 5.92 Å². The molecule has 0 saturated carbocycles. The molecule has 2 heterocycles. The average molecular weight is 365 g/mol. The number of carbonyl (C=O) groups is 1. The van der Waals surface area contributed by atoms with E-state index >= 15 is 0 Å². The number of likely N-dealkylation sites (tertiary alicyclic amines) is 1. The lowest BCUT2D eigenvalue weighted by atomic mass is 9.95. The summed E-state index contributed by atoms with van der Waals surface area (Å²) < 4.78 is 0. The van der Waals surface area contributed by atoms with Crippen LogP contribution in [-0.2, 0) is 4.79 Å². The van der Waals surface area contributed by atoms with Gasteiger partial charge in [0, 0.05) is 35.4 Å². The molecule has 0 radical (unpaired) electrons. The zero-order chi connectivity index (χ0) is 16.6. The first-order valence-electron chi connectivity index (χ1n) is 9.07. The standard InChI is InChI=1S/C19H28N2OS2/c22-19(9-13-24-18-4-2-1-3-5-18)20-14-16-6-10-21(11-7-16)17-8-12-23-15-17/h1-5,16-17H,6-15H2,(H,20,22)/t17-/m0/s1. The second kappa shape index (κ2) is 9.73. The minimum absolute atomic E-state index is 0.202. The van der Waals surface area contributed by atoms with Crippen LogP contribution in [0.2, 0.25) is 0 Å². The van der Waals surface area contributed by atoms with Gasteiger partial charge in [-0.1, -0.05) is 18.2 Å². The number of nitrogens with one attached hydrogen (secondary N) is 1. The van der Waals surface area contributed by atoms with Crippen molar-refractivity contribution in [1.82, 2.24) is 10.2 Å². The molecule has 1 aromatic carbocycles. The van der Waals surface area contributed by atoms with Gasteiger partial charge in [-0.2, -0.15) is 11.8 Å². The maximum atomic E-state index is 12.0. The normalized spacial score (nSPS) is 22.6. The number of rotatable bonds is 7. The first-order valence-corrected chi connectivity index (χ1v) is 11.2. The molecular weight excluding hydrogens is 336 g/mol. The molecule has 1 amide bonds. The summed E-state index contributed by atoms with van der Waals surface area (Å²) in [5, 5.41) is 3.15. The maximum absolute atomic E-state index is 12.0. The Morgan fingerprint density at radius 1 is 1.21 bits per heavy atom. The molecule has 0 unspecified atom stereocenters. The van der Waals surface area contributed by atoms with Crippen molar-refractivity contribution in [2.75, 3.05) is 36.9 Å². The van der Waals surface area contributed by atoms with E-state index in [1.54, 1.807) is 11.8 Å². The molecule has 2 saturated heterocycles. The van der Waals surface area contributed by atoms with Crippen LogP contribution >= 0.6 is 23.5 Å².